The van der Waals surface area contributed by atoms with Crippen LogP contribution in [0.4, 0.5) is 0 Å². The quantitative estimate of drug-likeness (QED) is 0.683. The van der Waals surface area contributed by atoms with Gasteiger partial charge in [-0.1, -0.05) is 0 Å². The van der Waals surface area contributed by atoms with Crippen molar-refractivity contribution in [1.29, 1.82) is 0 Å². The van der Waals surface area contributed by atoms with Gasteiger partial charge in [0.25, 0.3) is 11.7 Å². The monoisotopic (exact) mass is 286 g/mol. The molecule has 1 aliphatic rings. The van der Waals surface area contributed by atoms with E-state index < -0.39 is 11.7 Å². The number of ketones is 1. The maximum absolute atomic E-state index is 12.4. The lowest BCUT2D eigenvalue weighted by atomic mass is 9.97. The van der Waals surface area contributed by atoms with E-state index in [1.165, 1.54) is 0 Å². The molecule has 0 aromatic carbocycles. The molecule has 0 aliphatic carbocycles. The summed E-state index contributed by atoms with van der Waals surface area (Å²) in [7, 11) is 1.77. The lowest BCUT2D eigenvalue weighted by Gasteiger charge is -2.31. The SMILES string of the molecule is Cn1cccc1C(=O)C(=O)N1CCC[C@@H](c2ncc[nH]2)C1. The fraction of sp³-hybridized carbons (Fsp3) is 0.400. The molecule has 3 heterocycles. The van der Waals surface area contributed by atoms with Crippen molar-refractivity contribution in [3.63, 3.8) is 0 Å². The molecule has 6 nitrogen and oxygen atoms in total. The highest BCUT2D eigenvalue weighted by Gasteiger charge is 2.30. The Bertz CT molecular complexity index is 644. The molecule has 0 saturated carbocycles. The number of piperidine rings is 1. The number of aromatic nitrogens is 3. The van der Waals surface area contributed by atoms with Gasteiger partial charge in [0.05, 0.1) is 5.69 Å². The van der Waals surface area contributed by atoms with Crippen molar-refractivity contribution >= 4 is 11.7 Å². The molecule has 1 saturated heterocycles. The predicted molar refractivity (Wildman–Crippen MR) is 76.9 cm³/mol. The Labute approximate surface area is 122 Å². The number of carbonyl (C=O) groups is 2. The van der Waals surface area contributed by atoms with Gasteiger partial charge < -0.3 is 14.5 Å². The highest BCUT2D eigenvalue weighted by molar-refractivity contribution is 6.42. The van der Waals surface area contributed by atoms with Gasteiger partial charge in [0, 0.05) is 44.6 Å². The first-order valence-electron chi connectivity index (χ1n) is 7.11. The molecule has 0 unspecified atom stereocenters. The highest BCUT2D eigenvalue weighted by Crippen LogP contribution is 2.24. The van der Waals surface area contributed by atoms with E-state index in [-0.39, 0.29) is 5.92 Å². The summed E-state index contributed by atoms with van der Waals surface area (Å²) in [5.74, 6) is 0.202. The van der Waals surface area contributed by atoms with E-state index in [1.54, 1.807) is 47.2 Å². The number of H-pyrrole nitrogens is 1. The van der Waals surface area contributed by atoms with Gasteiger partial charge in [-0.15, -0.1) is 0 Å². The van der Waals surface area contributed by atoms with Crippen LogP contribution in [-0.2, 0) is 11.8 Å². The van der Waals surface area contributed by atoms with Crippen molar-refractivity contribution in [3.8, 4) is 0 Å². The molecule has 1 N–H and O–H groups in total. The summed E-state index contributed by atoms with van der Waals surface area (Å²) >= 11 is 0. The Kier molecular flexibility index (Phi) is 3.60. The Morgan fingerprint density at radius 2 is 2.29 bits per heavy atom. The van der Waals surface area contributed by atoms with Gasteiger partial charge in [-0.3, -0.25) is 9.59 Å². The van der Waals surface area contributed by atoms with E-state index in [4.69, 9.17) is 0 Å². The molecule has 0 bridgehead atoms. The fourth-order valence-corrected chi connectivity index (χ4v) is 2.84. The molecule has 6 heteroatoms. The van der Waals surface area contributed by atoms with Crippen molar-refractivity contribution < 1.29 is 9.59 Å². The molecule has 3 rings (SSSR count). The zero-order valence-electron chi connectivity index (χ0n) is 12.0. The van der Waals surface area contributed by atoms with Crippen molar-refractivity contribution in [2.45, 2.75) is 18.8 Å². The Hall–Kier alpha value is -2.37. The third-order valence-corrected chi connectivity index (χ3v) is 3.99. The molecule has 1 atom stereocenters. The molecule has 2 aromatic rings. The van der Waals surface area contributed by atoms with Crippen LogP contribution in [0.25, 0.3) is 0 Å². The van der Waals surface area contributed by atoms with E-state index in [0.29, 0.717) is 18.8 Å². The number of hydrogen-bond acceptors (Lipinski definition) is 3. The van der Waals surface area contributed by atoms with Crippen LogP contribution in [-0.4, -0.2) is 44.2 Å². The first-order valence-corrected chi connectivity index (χ1v) is 7.11. The predicted octanol–water partition coefficient (Wildman–Crippen LogP) is 1.34. The van der Waals surface area contributed by atoms with Crippen LogP contribution in [0.15, 0.2) is 30.7 Å². The summed E-state index contributed by atoms with van der Waals surface area (Å²) in [5.41, 5.74) is 0.431. The van der Waals surface area contributed by atoms with Gasteiger partial charge in [0.15, 0.2) is 0 Å². The number of aromatic amines is 1. The zero-order valence-corrected chi connectivity index (χ0v) is 12.0. The number of imidazole rings is 1. The van der Waals surface area contributed by atoms with Crippen LogP contribution in [0.1, 0.15) is 35.1 Å². The third kappa shape index (κ3) is 2.61. The summed E-state index contributed by atoms with van der Waals surface area (Å²) in [4.78, 5) is 33.7. The molecule has 110 valence electrons. The van der Waals surface area contributed by atoms with E-state index in [0.717, 1.165) is 18.7 Å². The number of hydrogen-bond donors (Lipinski definition) is 1. The largest absolute Gasteiger partial charge is 0.348 e. The molecule has 1 fully saturated rings. The molecular weight excluding hydrogens is 268 g/mol. The maximum atomic E-state index is 12.4. The fourth-order valence-electron chi connectivity index (χ4n) is 2.84. The van der Waals surface area contributed by atoms with E-state index in [9.17, 15) is 9.59 Å². The van der Waals surface area contributed by atoms with Crippen LogP contribution in [0.2, 0.25) is 0 Å². The van der Waals surface area contributed by atoms with Crippen molar-refractivity contribution in [1.82, 2.24) is 19.4 Å². The van der Waals surface area contributed by atoms with E-state index >= 15 is 0 Å². The van der Waals surface area contributed by atoms with Crippen LogP contribution >= 0.6 is 0 Å². The molecule has 0 spiro atoms. The normalized spacial score (nSPS) is 18.7. The molecular formula is C15H18N4O2. The van der Waals surface area contributed by atoms with Crippen LogP contribution in [0.3, 0.4) is 0 Å². The zero-order chi connectivity index (χ0) is 14.8. The number of nitrogens with one attached hydrogen (secondary N) is 1. The number of aryl methyl sites for hydroxylation is 1. The number of likely N-dealkylation sites (tertiary alicyclic amines) is 1. The van der Waals surface area contributed by atoms with Crippen molar-refractivity contribution in [2.75, 3.05) is 13.1 Å². The second-order valence-corrected chi connectivity index (χ2v) is 5.40. The average molecular weight is 286 g/mol. The van der Waals surface area contributed by atoms with Gasteiger partial charge in [-0.2, -0.15) is 0 Å². The van der Waals surface area contributed by atoms with Gasteiger partial charge in [-0.25, -0.2) is 4.98 Å². The maximum Gasteiger partial charge on any atom is 0.296 e. The molecule has 1 amide bonds. The first-order chi connectivity index (χ1) is 10.2. The van der Waals surface area contributed by atoms with Crippen molar-refractivity contribution in [2.24, 2.45) is 7.05 Å². The average Bonchev–Trinajstić information content (AvgIpc) is 3.17. The number of nitrogens with zero attached hydrogens (tertiary/aromatic N) is 3. The Balaban J connectivity index is 1.73. The third-order valence-electron chi connectivity index (χ3n) is 3.99. The Morgan fingerprint density at radius 1 is 1.43 bits per heavy atom. The van der Waals surface area contributed by atoms with E-state index in [1.807, 2.05) is 0 Å². The smallest absolute Gasteiger partial charge is 0.296 e. The topological polar surface area (TPSA) is 71.0 Å². The second-order valence-electron chi connectivity index (χ2n) is 5.40. The standard InChI is InChI=1S/C15H18N4O2/c1-18-8-3-5-12(18)13(20)15(21)19-9-2-4-11(10-19)14-16-6-7-17-14/h3,5-8,11H,2,4,9-10H2,1H3,(H,16,17)/t11-/m1/s1. The molecule has 21 heavy (non-hydrogen) atoms. The lowest BCUT2D eigenvalue weighted by Crippen LogP contribution is -2.43. The van der Waals surface area contributed by atoms with Crippen LogP contribution in [0.5, 0.6) is 0 Å². The summed E-state index contributed by atoms with van der Waals surface area (Å²) in [5, 5.41) is 0. The summed E-state index contributed by atoms with van der Waals surface area (Å²) in [6.45, 7) is 1.18. The molecule has 0 radical (unpaired) electrons. The van der Waals surface area contributed by atoms with Gasteiger partial charge in [-0.05, 0) is 25.0 Å². The first kappa shape index (κ1) is 13.6. The number of carbonyl (C=O) groups excluding carboxylic acids is 2. The molecule has 2 aromatic heterocycles. The van der Waals surface area contributed by atoms with Crippen molar-refractivity contribution in [3.05, 3.63) is 42.2 Å². The van der Waals surface area contributed by atoms with Gasteiger partial charge >= 0.3 is 0 Å². The van der Waals surface area contributed by atoms with Crippen LogP contribution in [0, 0.1) is 0 Å². The molecule has 1 aliphatic heterocycles. The number of Topliss-reactive ketones (excluding diaryl/α,β-unsaturated/α-hetero) is 1. The lowest BCUT2D eigenvalue weighted by molar-refractivity contribution is -0.127. The number of rotatable bonds is 3. The number of amides is 1. The highest BCUT2D eigenvalue weighted by atomic mass is 16.2. The summed E-state index contributed by atoms with van der Waals surface area (Å²) < 4.78 is 1.67. The second kappa shape index (κ2) is 5.55. The summed E-state index contributed by atoms with van der Waals surface area (Å²) in [6, 6.07) is 3.44. The van der Waals surface area contributed by atoms with Gasteiger partial charge in [0.1, 0.15) is 5.82 Å². The van der Waals surface area contributed by atoms with Crippen LogP contribution < -0.4 is 0 Å². The minimum atomic E-state index is -0.442. The summed E-state index contributed by atoms with van der Waals surface area (Å²) in [6.07, 6.45) is 7.13. The van der Waals surface area contributed by atoms with Gasteiger partial charge in [0.2, 0.25) is 0 Å². The minimum absolute atomic E-state index is 0.180. The van der Waals surface area contributed by atoms with E-state index in [2.05, 4.69) is 9.97 Å². The minimum Gasteiger partial charge on any atom is -0.348 e. The Morgan fingerprint density at radius 3 is 2.95 bits per heavy atom.